The third-order valence-corrected chi connectivity index (χ3v) is 8.42. The standard InChI is InChI=1S/C28H38O19/c1-10(30)24(11(2)31,44-16(7)36)27(14(5)34)20(39)19(38)21(40)28(47-27,15(6)35)46-25(12(3)32)18(9-29)43-23(42)22(41)26(25,13(4)33)45-17(8)37/h18-23,29,38-42H,9H2,1-8H3/t18-,19+,20-,21-,22+,23+,25-,26-,27+,28-/m1/s1. The fourth-order valence-corrected chi connectivity index (χ4v) is 6.46. The number of esters is 2. The van der Waals surface area contributed by atoms with Gasteiger partial charge in [-0.05, 0) is 34.6 Å². The Bertz CT molecular complexity index is 1360. The van der Waals surface area contributed by atoms with E-state index in [4.69, 9.17) is 23.7 Å². The van der Waals surface area contributed by atoms with Crippen LogP contribution in [-0.2, 0) is 62.0 Å². The molecule has 2 aliphatic heterocycles. The molecule has 2 rings (SSSR count). The molecule has 6 N–H and O–H groups in total. The van der Waals surface area contributed by atoms with Gasteiger partial charge in [0, 0.05) is 20.8 Å². The van der Waals surface area contributed by atoms with Crippen molar-refractivity contribution in [3.8, 4) is 0 Å². The van der Waals surface area contributed by atoms with Gasteiger partial charge in [0.25, 0.3) is 11.4 Å². The zero-order valence-electron chi connectivity index (χ0n) is 26.7. The Balaban J connectivity index is 3.30. The lowest BCUT2D eigenvalue weighted by Gasteiger charge is -2.61. The summed E-state index contributed by atoms with van der Waals surface area (Å²) in [4.78, 5) is 106. The largest absolute Gasteiger partial charge is 0.444 e. The van der Waals surface area contributed by atoms with E-state index in [1.165, 1.54) is 0 Å². The Kier molecular flexibility index (Phi) is 11.2. The molecular weight excluding hydrogens is 640 g/mol. The van der Waals surface area contributed by atoms with Gasteiger partial charge in [-0.1, -0.05) is 0 Å². The first kappa shape index (κ1) is 39.8. The Morgan fingerprint density at radius 3 is 1.49 bits per heavy atom. The minimum Gasteiger partial charge on any atom is -0.444 e. The number of carbonyl (C=O) groups excluding carboxylic acids is 8. The molecule has 2 fully saturated rings. The van der Waals surface area contributed by atoms with E-state index < -0.39 is 118 Å². The Hall–Kier alpha value is -3.40. The van der Waals surface area contributed by atoms with Crippen molar-refractivity contribution < 1.29 is 92.7 Å². The predicted molar refractivity (Wildman–Crippen MR) is 145 cm³/mol. The van der Waals surface area contributed by atoms with E-state index in [0.29, 0.717) is 55.4 Å². The molecule has 0 amide bonds. The highest BCUT2D eigenvalue weighted by molar-refractivity contribution is 6.16. The van der Waals surface area contributed by atoms with Crippen molar-refractivity contribution in [3.05, 3.63) is 0 Å². The van der Waals surface area contributed by atoms with Gasteiger partial charge in [-0.25, -0.2) is 0 Å². The minimum atomic E-state index is -3.86. The summed E-state index contributed by atoms with van der Waals surface area (Å²) in [6.45, 7) is 3.41. The van der Waals surface area contributed by atoms with Crippen LogP contribution in [0.3, 0.4) is 0 Å². The van der Waals surface area contributed by atoms with Crippen LogP contribution in [0.2, 0.25) is 0 Å². The van der Waals surface area contributed by atoms with E-state index in [0.717, 1.165) is 0 Å². The summed E-state index contributed by atoms with van der Waals surface area (Å²) < 4.78 is 26.8. The molecule has 47 heavy (non-hydrogen) atoms. The number of aliphatic hydroxyl groups is 6. The first-order valence-electron chi connectivity index (χ1n) is 13.9. The zero-order chi connectivity index (χ0) is 36.8. The van der Waals surface area contributed by atoms with Crippen LogP contribution in [0, 0.1) is 0 Å². The molecule has 10 atom stereocenters. The van der Waals surface area contributed by atoms with Crippen molar-refractivity contribution in [2.24, 2.45) is 0 Å². The maximum absolute atomic E-state index is 13.7. The summed E-state index contributed by atoms with van der Waals surface area (Å²) in [6.07, 6.45) is -16.5. The SMILES string of the molecule is CC(=O)OC(C(C)=O)(C(C)=O)[C@@]1(C(C)=O)O[C@](O[C@]2(C(C)=O)[C@@H](CO)O[C@H](O)[C@H](O)[C@]2(OC(C)=O)C(C)=O)(C(C)=O)[C@H](O)[C@@H](O)[C@H]1O. The number of hydrogen-bond acceptors (Lipinski definition) is 19. The third-order valence-electron chi connectivity index (χ3n) is 8.42. The van der Waals surface area contributed by atoms with Crippen LogP contribution in [0.1, 0.15) is 55.4 Å². The van der Waals surface area contributed by atoms with Gasteiger partial charge in [0.15, 0.2) is 47.1 Å². The molecule has 0 aliphatic carbocycles. The van der Waals surface area contributed by atoms with Crippen molar-refractivity contribution in [2.45, 2.75) is 120 Å². The number of ketones is 6. The maximum atomic E-state index is 13.7. The van der Waals surface area contributed by atoms with Gasteiger partial charge in [0.1, 0.15) is 24.4 Å². The lowest BCUT2D eigenvalue weighted by Crippen LogP contribution is -2.87. The molecule has 0 unspecified atom stereocenters. The van der Waals surface area contributed by atoms with Crippen LogP contribution < -0.4 is 0 Å². The summed E-state index contributed by atoms with van der Waals surface area (Å²) in [5.74, 6) is -16.1. The highest BCUT2D eigenvalue weighted by Crippen LogP contribution is 2.52. The maximum Gasteiger partial charge on any atom is 0.304 e. The van der Waals surface area contributed by atoms with Crippen molar-refractivity contribution in [3.63, 3.8) is 0 Å². The Labute approximate surface area is 266 Å². The van der Waals surface area contributed by atoms with Gasteiger partial charge in [-0.3, -0.25) is 38.4 Å². The monoisotopic (exact) mass is 678 g/mol. The molecule has 0 bridgehead atoms. The molecule has 2 aliphatic rings. The van der Waals surface area contributed by atoms with Gasteiger partial charge in [0.05, 0.1) is 6.61 Å². The molecule has 0 aromatic heterocycles. The lowest BCUT2D eigenvalue weighted by atomic mass is 9.65. The molecule has 0 radical (unpaired) electrons. The number of ether oxygens (including phenoxy) is 5. The third kappa shape index (κ3) is 5.35. The summed E-state index contributed by atoms with van der Waals surface area (Å²) >= 11 is 0. The number of Topliss-reactive ketones (excluding diaryl/α,β-unsaturated/α-hetero) is 6. The molecule has 0 aromatic carbocycles. The fourth-order valence-electron chi connectivity index (χ4n) is 6.46. The molecule has 19 heteroatoms. The van der Waals surface area contributed by atoms with Gasteiger partial charge in [-0.15, -0.1) is 0 Å². The van der Waals surface area contributed by atoms with Crippen LogP contribution in [0.15, 0.2) is 0 Å². The average molecular weight is 679 g/mol. The van der Waals surface area contributed by atoms with Crippen molar-refractivity contribution in [2.75, 3.05) is 6.61 Å². The van der Waals surface area contributed by atoms with Gasteiger partial charge < -0.3 is 54.3 Å². The van der Waals surface area contributed by atoms with Crippen molar-refractivity contribution in [1.82, 2.24) is 0 Å². The fraction of sp³-hybridized carbons (Fsp3) is 0.714. The lowest BCUT2D eigenvalue weighted by molar-refractivity contribution is -0.428. The van der Waals surface area contributed by atoms with Crippen LogP contribution in [-0.4, -0.2) is 149 Å². The Morgan fingerprint density at radius 1 is 0.660 bits per heavy atom. The molecule has 2 heterocycles. The average Bonchev–Trinajstić information content (AvgIpc) is 2.94. The first-order chi connectivity index (χ1) is 21.4. The van der Waals surface area contributed by atoms with E-state index in [9.17, 15) is 69.0 Å². The summed E-state index contributed by atoms with van der Waals surface area (Å²) in [5.41, 5.74) is -14.3. The number of rotatable bonds is 12. The van der Waals surface area contributed by atoms with E-state index in [1.807, 2.05) is 0 Å². The van der Waals surface area contributed by atoms with E-state index in [1.54, 1.807) is 0 Å². The second-order valence-corrected chi connectivity index (χ2v) is 11.3. The Morgan fingerprint density at radius 2 is 1.15 bits per heavy atom. The van der Waals surface area contributed by atoms with E-state index >= 15 is 0 Å². The quantitative estimate of drug-likeness (QED) is 0.0837. The number of aliphatic hydroxyl groups excluding tert-OH is 6. The van der Waals surface area contributed by atoms with Crippen molar-refractivity contribution in [1.29, 1.82) is 0 Å². The molecular formula is C28H38O19. The second-order valence-electron chi connectivity index (χ2n) is 11.3. The topological polar surface area (TPSA) is 304 Å². The molecule has 19 nitrogen and oxygen atoms in total. The van der Waals surface area contributed by atoms with E-state index in [2.05, 4.69) is 0 Å². The van der Waals surface area contributed by atoms with Crippen LogP contribution in [0.25, 0.3) is 0 Å². The molecule has 0 aromatic rings. The van der Waals surface area contributed by atoms with Crippen LogP contribution >= 0.6 is 0 Å². The minimum absolute atomic E-state index is 0.533. The normalized spacial score (nSPS) is 37.3. The summed E-state index contributed by atoms with van der Waals surface area (Å²) in [6, 6.07) is 0. The highest BCUT2D eigenvalue weighted by Gasteiger charge is 2.81. The van der Waals surface area contributed by atoms with E-state index in [-0.39, 0.29) is 0 Å². The number of hydrogen-bond donors (Lipinski definition) is 6. The zero-order valence-corrected chi connectivity index (χ0v) is 26.7. The smallest absolute Gasteiger partial charge is 0.304 e. The second kappa shape index (κ2) is 13.2. The predicted octanol–water partition coefficient (Wildman–Crippen LogP) is -4.50. The molecule has 264 valence electrons. The first-order valence-corrected chi connectivity index (χ1v) is 13.9. The molecule has 0 spiro atoms. The molecule has 2 saturated heterocycles. The van der Waals surface area contributed by atoms with Gasteiger partial charge in [-0.2, -0.15) is 0 Å². The number of carbonyl (C=O) groups is 8. The van der Waals surface area contributed by atoms with Crippen LogP contribution in [0.4, 0.5) is 0 Å². The molecule has 0 saturated carbocycles. The van der Waals surface area contributed by atoms with Gasteiger partial charge in [0.2, 0.25) is 16.8 Å². The summed E-state index contributed by atoms with van der Waals surface area (Å²) in [7, 11) is 0. The highest BCUT2D eigenvalue weighted by atomic mass is 16.8. The summed E-state index contributed by atoms with van der Waals surface area (Å²) in [5, 5.41) is 65.8. The van der Waals surface area contributed by atoms with Crippen molar-refractivity contribution >= 4 is 46.6 Å². The van der Waals surface area contributed by atoms with Gasteiger partial charge >= 0.3 is 11.9 Å². The van der Waals surface area contributed by atoms with Crippen LogP contribution in [0.5, 0.6) is 0 Å².